The first-order valence-corrected chi connectivity index (χ1v) is 5.20. The van der Waals surface area contributed by atoms with Crippen molar-refractivity contribution in [3.05, 3.63) is 21.3 Å². The maximum Gasteiger partial charge on any atom is 0.176 e. The highest BCUT2D eigenvalue weighted by Gasteiger charge is 2.14. The van der Waals surface area contributed by atoms with Crippen LogP contribution in [0, 0.1) is 0 Å². The summed E-state index contributed by atoms with van der Waals surface area (Å²) >= 11 is 7.18. The normalized spacial score (nSPS) is 12.8. The van der Waals surface area contributed by atoms with Crippen LogP contribution in [0.5, 0.6) is 0 Å². The summed E-state index contributed by atoms with van der Waals surface area (Å²) in [6.45, 7) is 1.86. The van der Waals surface area contributed by atoms with Crippen LogP contribution >= 0.6 is 22.9 Å². The Morgan fingerprint density at radius 2 is 2.46 bits per heavy atom. The van der Waals surface area contributed by atoms with Crippen molar-refractivity contribution in [2.45, 2.75) is 19.4 Å². The van der Waals surface area contributed by atoms with Crippen LogP contribution in [0.15, 0.2) is 11.4 Å². The van der Waals surface area contributed by atoms with Gasteiger partial charge < -0.3 is 4.74 Å². The average Bonchev–Trinajstić information content (AvgIpc) is 2.51. The molecule has 0 fully saturated rings. The zero-order valence-electron chi connectivity index (χ0n) is 7.54. The summed E-state index contributed by atoms with van der Waals surface area (Å²) in [5.74, 6) is 0.0503. The Morgan fingerprint density at radius 1 is 1.77 bits per heavy atom. The van der Waals surface area contributed by atoms with Crippen molar-refractivity contribution in [1.29, 1.82) is 0 Å². The van der Waals surface area contributed by atoms with Crippen molar-refractivity contribution < 1.29 is 9.53 Å². The summed E-state index contributed by atoms with van der Waals surface area (Å²) in [5, 5.41) is 2.35. The van der Waals surface area contributed by atoms with E-state index in [4.69, 9.17) is 16.3 Å². The van der Waals surface area contributed by atoms with Gasteiger partial charge in [0.05, 0.1) is 16.0 Å². The maximum absolute atomic E-state index is 11.5. The molecule has 1 aromatic heterocycles. The Hall–Kier alpha value is -0.380. The van der Waals surface area contributed by atoms with Gasteiger partial charge in [-0.05, 0) is 18.4 Å². The predicted molar refractivity (Wildman–Crippen MR) is 54.7 cm³/mol. The minimum atomic E-state index is -0.0503. The van der Waals surface area contributed by atoms with Crippen LogP contribution < -0.4 is 0 Å². The molecule has 0 bridgehead atoms. The van der Waals surface area contributed by atoms with Gasteiger partial charge in [-0.2, -0.15) is 0 Å². The summed E-state index contributed by atoms with van der Waals surface area (Å²) in [7, 11) is 1.59. The molecule has 1 aromatic rings. The minimum absolute atomic E-state index is 0.0503. The highest BCUT2D eigenvalue weighted by atomic mass is 35.5. The van der Waals surface area contributed by atoms with Gasteiger partial charge in [-0.15, -0.1) is 11.3 Å². The lowest BCUT2D eigenvalue weighted by Crippen LogP contribution is -2.11. The number of halogens is 1. The van der Waals surface area contributed by atoms with Crippen molar-refractivity contribution in [3.63, 3.8) is 0 Å². The molecule has 0 aliphatic heterocycles. The zero-order valence-corrected chi connectivity index (χ0v) is 9.11. The van der Waals surface area contributed by atoms with Crippen molar-refractivity contribution in [3.8, 4) is 0 Å². The molecule has 1 atom stereocenters. The van der Waals surface area contributed by atoms with Crippen LogP contribution in [-0.4, -0.2) is 19.0 Å². The number of thiophene rings is 1. The van der Waals surface area contributed by atoms with E-state index in [9.17, 15) is 4.79 Å². The van der Waals surface area contributed by atoms with E-state index >= 15 is 0 Å². The van der Waals surface area contributed by atoms with Crippen LogP contribution in [0.25, 0.3) is 0 Å². The molecular weight excluding hydrogens is 208 g/mol. The average molecular weight is 219 g/mol. The van der Waals surface area contributed by atoms with Gasteiger partial charge in [-0.1, -0.05) is 11.6 Å². The van der Waals surface area contributed by atoms with E-state index < -0.39 is 0 Å². The number of hydrogen-bond donors (Lipinski definition) is 0. The molecule has 0 aliphatic rings. The van der Waals surface area contributed by atoms with E-state index in [1.165, 1.54) is 11.3 Å². The highest BCUT2D eigenvalue weighted by Crippen LogP contribution is 2.23. The molecule has 0 aromatic carbocycles. The van der Waals surface area contributed by atoms with E-state index in [2.05, 4.69) is 0 Å². The predicted octanol–water partition coefficient (Wildman–Crippen LogP) is 3.01. The molecule has 0 amide bonds. The second kappa shape index (κ2) is 4.74. The van der Waals surface area contributed by atoms with Gasteiger partial charge in [0.1, 0.15) is 0 Å². The molecule has 1 unspecified atom stereocenters. The molecule has 72 valence electrons. The van der Waals surface area contributed by atoms with E-state index in [0.29, 0.717) is 16.3 Å². The second-order valence-electron chi connectivity index (χ2n) is 2.77. The summed E-state index contributed by atoms with van der Waals surface area (Å²) in [6.07, 6.45) is 0.335. The number of methoxy groups -OCH3 is 1. The lowest BCUT2D eigenvalue weighted by molar-refractivity contribution is 0.0795. The third-order valence-corrected chi connectivity index (χ3v) is 3.13. The van der Waals surface area contributed by atoms with E-state index in [0.717, 1.165) is 0 Å². The topological polar surface area (TPSA) is 26.3 Å². The molecule has 0 aliphatic carbocycles. The molecule has 0 saturated carbocycles. The highest BCUT2D eigenvalue weighted by molar-refractivity contribution is 7.12. The fraction of sp³-hybridized carbons (Fsp3) is 0.444. The molecule has 0 spiro atoms. The standard InChI is InChI=1S/C9H11ClO2S/c1-6(12-2)5-8(11)9-7(10)3-4-13-9/h3-4,6H,5H2,1-2H3. The number of Topliss-reactive ketones (excluding diaryl/α,β-unsaturated/α-hetero) is 1. The van der Waals surface area contributed by atoms with Gasteiger partial charge in [0.2, 0.25) is 0 Å². The number of ether oxygens (including phenoxy) is 1. The maximum atomic E-state index is 11.5. The Labute approximate surface area is 86.5 Å². The molecule has 13 heavy (non-hydrogen) atoms. The fourth-order valence-electron chi connectivity index (χ4n) is 0.930. The van der Waals surface area contributed by atoms with Gasteiger partial charge in [0.15, 0.2) is 5.78 Å². The second-order valence-corrected chi connectivity index (χ2v) is 4.09. The summed E-state index contributed by atoms with van der Waals surface area (Å²) in [6, 6.07) is 1.73. The molecule has 0 saturated heterocycles. The number of carbonyl (C=O) groups is 1. The summed E-state index contributed by atoms with van der Waals surface area (Å²) < 4.78 is 5.00. The largest absolute Gasteiger partial charge is 0.381 e. The molecule has 1 rings (SSSR count). The van der Waals surface area contributed by atoms with Crippen LogP contribution in [0.1, 0.15) is 23.0 Å². The van der Waals surface area contributed by atoms with E-state index in [1.54, 1.807) is 13.2 Å². The van der Waals surface area contributed by atoms with Crippen LogP contribution in [0.2, 0.25) is 5.02 Å². The fourth-order valence-corrected chi connectivity index (χ4v) is 2.04. The first-order valence-electron chi connectivity index (χ1n) is 3.94. The smallest absolute Gasteiger partial charge is 0.176 e. The van der Waals surface area contributed by atoms with Crippen molar-refractivity contribution in [1.82, 2.24) is 0 Å². The zero-order chi connectivity index (χ0) is 9.84. The third kappa shape index (κ3) is 2.79. The summed E-state index contributed by atoms with van der Waals surface area (Å²) in [4.78, 5) is 12.2. The van der Waals surface area contributed by atoms with Gasteiger partial charge in [0, 0.05) is 13.5 Å². The Morgan fingerprint density at radius 3 is 2.92 bits per heavy atom. The molecular formula is C9H11ClO2S. The lowest BCUT2D eigenvalue weighted by Gasteiger charge is -2.06. The Kier molecular flexibility index (Phi) is 3.90. The van der Waals surface area contributed by atoms with E-state index in [-0.39, 0.29) is 11.9 Å². The molecule has 0 N–H and O–H groups in total. The van der Waals surface area contributed by atoms with Crippen molar-refractivity contribution in [2.75, 3.05) is 7.11 Å². The van der Waals surface area contributed by atoms with E-state index in [1.807, 2.05) is 12.3 Å². The monoisotopic (exact) mass is 218 g/mol. The Bertz CT molecular complexity index is 296. The number of rotatable bonds is 4. The van der Waals surface area contributed by atoms with Crippen LogP contribution in [0.4, 0.5) is 0 Å². The van der Waals surface area contributed by atoms with Crippen LogP contribution in [0.3, 0.4) is 0 Å². The molecule has 0 radical (unpaired) electrons. The number of ketones is 1. The molecule has 4 heteroatoms. The first-order chi connectivity index (χ1) is 6.15. The van der Waals surface area contributed by atoms with Crippen molar-refractivity contribution >= 4 is 28.7 Å². The quantitative estimate of drug-likeness (QED) is 0.727. The van der Waals surface area contributed by atoms with Crippen molar-refractivity contribution in [2.24, 2.45) is 0 Å². The SMILES string of the molecule is COC(C)CC(=O)c1sccc1Cl. The number of carbonyl (C=O) groups excluding carboxylic acids is 1. The van der Waals surface area contributed by atoms with Gasteiger partial charge >= 0.3 is 0 Å². The summed E-state index contributed by atoms with van der Waals surface area (Å²) in [5.41, 5.74) is 0. The minimum Gasteiger partial charge on any atom is -0.381 e. The third-order valence-electron chi connectivity index (χ3n) is 1.75. The number of hydrogen-bond acceptors (Lipinski definition) is 3. The first kappa shape index (κ1) is 10.7. The van der Waals surface area contributed by atoms with Gasteiger partial charge in [0.25, 0.3) is 0 Å². The van der Waals surface area contributed by atoms with Gasteiger partial charge in [-0.3, -0.25) is 4.79 Å². The lowest BCUT2D eigenvalue weighted by atomic mass is 10.2. The van der Waals surface area contributed by atoms with Crippen LogP contribution in [-0.2, 0) is 4.74 Å². The molecule has 2 nitrogen and oxygen atoms in total. The molecule has 1 heterocycles. The Balaban J connectivity index is 2.64. The van der Waals surface area contributed by atoms with Gasteiger partial charge in [-0.25, -0.2) is 0 Å².